The van der Waals surface area contributed by atoms with Crippen molar-refractivity contribution in [1.82, 2.24) is 54.8 Å². The molecular formula is C43H26F3N11. The van der Waals surface area contributed by atoms with Crippen LogP contribution in [0, 0.1) is 17.5 Å². The summed E-state index contributed by atoms with van der Waals surface area (Å²) < 4.78 is 42.6. The monoisotopic (exact) mass is 753 g/mol. The van der Waals surface area contributed by atoms with Crippen molar-refractivity contribution in [3.05, 3.63) is 164 Å². The Hall–Kier alpha value is -8.00. The number of nitrogens with one attached hydrogen (secondary N) is 2. The number of hydrogen-bond donors (Lipinski definition) is 2. The Bertz CT molecular complexity index is 3010. The van der Waals surface area contributed by atoms with Crippen LogP contribution in [0.4, 0.5) is 13.2 Å². The molecule has 0 spiro atoms. The SMILES string of the molecule is Fc1cccc(-c2nc3nc(-c4cccnc4)c(-c4ccncc4F)cc3[nH]2)c1.Fc1cnccc1-c1cc2[nH]c(-c3cccnc3)nc2nc1-c1cccnc1. The van der Waals surface area contributed by atoms with Crippen molar-refractivity contribution < 1.29 is 13.2 Å². The summed E-state index contributed by atoms with van der Waals surface area (Å²) in [5.41, 5.74) is 8.43. The Kier molecular flexibility index (Phi) is 9.16. The molecule has 2 N–H and O–H groups in total. The van der Waals surface area contributed by atoms with Gasteiger partial charge in [0, 0.05) is 94.1 Å². The molecule has 0 saturated heterocycles. The summed E-state index contributed by atoms with van der Waals surface area (Å²) in [4.78, 5) is 45.0. The smallest absolute Gasteiger partial charge is 0.178 e. The summed E-state index contributed by atoms with van der Waals surface area (Å²) in [7, 11) is 0. The van der Waals surface area contributed by atoms with Gasteiger partial charge in [0.05, 0.1) is 34.8 Å². The molecule has 0 aliphatic heterocycles. The summed E-state index contributed by atoms with van der Waals surface area (Å²) in [6.07, 6.45) is 15.6. The first kappa shape index (κ1) is 34.7. The van der Waals surface area contributed by atoms with E-state index in [-0.39, 0.29) is 5.82 Å². The molecule has 14 heteroatoms. The molecule has 0 atom stereocenters. The van der Waals surface area contributed by atoms with E-state index >= 15 is 0 Å². The molecule has 0 bridgehead atoms. The van der Waals surface area contributed by atoms with Crippen molar-refractivity contribution in [2.24, 2.45) is 0 Å². The van der Waals surface area contributed by atoms with Crippen LogP contribution in [0.15, 0.2) is 147 Å². The summed E-state index contributed by atoms with van der Waals surface area (Å²) in [5.74, 6) is -0.0902. The van der Waals surface area contributed by atoms with E-state index < -0.39 is 11.6 Å². The van der Waals surface area contributed by atoms with Crippen molar-refractivity contribution in [2.45, 2.75) is 0 Å². The van der Waals surface area contributed by atoms with E-state index in [4.69, 9.17) is 4.98 Å². The Balaban J connectivity index is 0.000000148. The third-order valence-corrected chi connectivity index (χ3v) is 8.97. The second-order valence-electron chi connectivity index (χ2n) is 12.6. The standard InChI is InChI=1S/C22H13F2N5.C21H13FN6/c23-15-5-1-3-13(9-15)21-27-19-10-17(16-6-8-26-12-18(16)24)20(28-22(19)29-21)14-4-2-7-25-11-14;22-17-12-25-8-5-15(17)16-9-18-21(27-19(16)13-3-1-6-23-10-13)28-20(26-18)14-4-2-7-24-11-14/h1-12H,(H,27,28,29);1-12H,(H,26,27,28). The fourth-order valence-corrected chi connectivity index (χ4v) is 6.34. The molecule has 0 unspecified atom stereocenters. The van der Waals surface area contributed by atoms with Gasteiger partial charge in [-0.25, -0.2) is 33.1 Å². The van der Waals surface area contributed by atoms with Crippen molar-refractivity contribution in [3.63, 3.8) is 0 Å². The van der Waals surface area contributed by atoms with Crippen LogP contribution in [-0.2, 0) is 0 Å². The molecule has 9 heterocycles. The van der Waals surface area contributed by atoms with Gasteiger partial charge in [0.25, 0.3) is 0 Å². The third-order valence-electron chi connectivity index (χ3n) is 8.97. The van der Waals surface area contributed by atoms with E-state index in [1.807, 2.05) is 36.4 Å². The van der Waals surface area contributed by atoms with Crippen LogP contribution in [-0.4, -0.2) is 54.8 Å². The van der Waals surface area contributed by atoms with E-state index in [1.54, 1.807) is 79.8 Å². The van der Waals surface area contributed by atoms with Gasteiger partial charge in [0.2, 0.25) is 0 Å². The zero-order valence-corrected chi connectivity index (χ0v) is 29.5. The quantitative estimate of drug-likeness (QED) is 0.170. The lowest BCUT2D eigenvalue weighted by Crippen LogP contribution is -1.94. The minimum Gasteiger partial charge on any atom is -0.337 e. The molecule has 0 aliphatic rings. The van der Waals surface area contributed by atoms with Crippen molar-refractivity contribution in [2.75, 3.05) is 0 Å². The molecule has 9 aromatic heterocycles. The predicted molar refractivity (Wildman–Crippen MR) is 209 cm³/mol. The van der Waals surface area contributed by atoms with E-state index in [2.05, 4.69) is 49.8 Å². The number of imidazole rings is 2. The fraction of sp³-hybridized carbons (Fsp3) is 0. The molecule has 57 heavy (non-hydrogen) atoms. The number of halogens is 3. The molecule has 274 valence electrons. The highest BCUT2D eigenvalue weighted by atomic mass is 19.1. The van der Waals surface area contributed by atoms with Crippen molar-refractivity contribution >= 4 is 22.3 Å². The first-order valence-corrected chi connectivity index (χ1v) is 17.5. The lowest BCUT2D eigenvalue weighted by molar-refractivity contribution is 0.624. The van der Waals surface area contributed by atoms with Gasteiger partial charge in [-0.1, -0.05) is 12.1 Å². The molecule has 0 radical (unpaired) electrons. The van der Waals surface area contributed by atoms with Gasteiger partial charge in [-0.3, -0.25) is 24.9 Å². The number of fused-ring (bicyclic) bond motifs is 2. The molecule has 11 nitrogen and oxygen atoms in total. The van der Waals surface area contributed by atoms with Crippen molar-refractivity contribution in [3.8, 4) is 67.5 Å². The normalized spacial score (nSPS) is 11.1. The maximum atomic E-state index is 14.5. The largest absolute Gasteiger partial charge is 0.337 e. The summed E-state index contributed by atoms with van der Waals surface area (Å²) in [6, 6.07) is 24.1. The first-order valence-electron chi connectivity index (χ1n) is 17.5. The van der Waals surface area contributed by atoms with Crippen LogP contribution in [0.2, 0.25) is 0 Å². The van der Waals surface area contributed by atoms with Crippen LogP contribution < -0.4 is 0 Å². The second-order valence-corrected chi connectivity index (χ2v) is 12.6. The lowest BCUT2D eigenvalue weighted by Gasteiger charge is -2.09. The first-order chi connectivity index (χ1) is 28.0. The summed E-state index contributed by atoms with van der Waals surface area (Å²) in [6.45, 7) is 0. The van der Waals surface area contributed by atoms with Crippen LogP contribution in [0.1, 0.15) is 0 Å². The number of aromatic amines is 2. The third kappa shape index (κ3) is 7.05. The fourth-order valence-electron chi connectivity index (χ4n) is 6.34. The van der Waals surface area contributed by atoms with Crippen LogP contribution in [0.3, 0.4) is 0 Å². The lowest BCUT2D eigenvalue weighted by atomic mass is 10.0. The minimum absolute atomic E-state index is 0.355. The van der Waals surface area contributed by atoms with Crippen molar-refractivity contribution in [1.29, 1.82) is 0 Å². The molecular weight excluding hydrogens is 728 g/mol. The molecule has 0 amide bonds. The van der Waals surface area contributed by atoms with E-state index in [0.29, 0.717) is 73.2 Å². The number of pyridine rings is 7. The van der Waals surface area contributed by atoms with E-state index in [0.717, 1.165) is 22.9 Å². The van der Waals surface area contributed by atoms with Crippen LogP contribution in [0.5, 0.6) is 0 Å². The molecule has 0 saturated carbocycles. The number of benzene rings is 1. The minimum atomic E-state index is -0.455. The summed E-state index contributed by atoms with van der Waals surface area (Å²) in [5, 5.41) is 0. The Morgan fingerprint density at radius 2 is 0.842 bits per heavy atom. The highest BCUT2D eigenvalue weighted by molar-refractivity contribution is 5.91. The van der Waals surface area contributed by atoms with Crippen LogP contribution in [0.25, 0.3) is 89.9 Å². The average molecular weight is 754 g/mol. The number of aromatic nitrogens is 11. The topological polar surface area (TPSA) is 148 Å². The van der Waals surface area contributed by atoms with Gasteiger partial charge in [0.15, 0.2) is 11.3 Å². The number of H-pyrrole nitrogens is 2. The summed E-state index contributed by atoms with van der Waals surface area (Å²) >= 11 is 0. The van der Waals surface area contributed by atoms with E-state index in [9.17, 15) is 13.2 Å². The molecule has 10 rings (SSSR count). The number of rotatable bonds is 6. The molecule has 1 aromatic carbocycles. The van der Waals surface area contributed by atoms with Gasteiger partial charge >= 0.3 is 0 Å². The Labute approximate surface area is 321 Å². The Morgan fingerprint density at radius 1 is 0.386 bits per heavy atom. The van der Waals surface area contributed by atoms with Gasteiger partial charge in [0.1, 0.15) is 29.1 Å². The second kappa shape index (κ2) is 15.0. The van der Waals surface area contributed by atoms with Gasteiger partial charge in [-0.2, -0.15) is 0 Å². The zero-order chi connectivity index (χ0) is 38.7. The van der Waals surface area contributed by atoms with Gasteiger partial charge in [-0.15, -0.1) is 0 Å². The maximum absolute atomic E-state index is 14.5. The maximum Gasteiger partial charge on any atom is 0.178 e. The average Bonchev–Trinajstić information content (AvgIpc) is 3.88. The molecule has 0 fully saturated rings. The molecule has 10 aromatic rings. The molecule has 0 aliphatic carbocycles. The highest BCUT2D eigenvalue weighted by Crippen LogP contribution is 2.36. The number of hydrogen-bond acceptors (Lipinski definition) is 9. The number of nitrogens with zero attached hydrogens (tertiary/aromatic N) is 9. The van der Waals surface area contributed by atoms with Gasteiger partial charge < -0.3 is 9.97 Å². The zero-order valence-electron chi connectivity index (χ0n) is 29.5. The van der Waals surface area contributed by atoms with Crippen LogP contribution >= 0.6 is 0 Å². The predicted octanol–water partition coefficient (Wildman–Crippen LogP) is 9.31. The Morgan fingerprint density at radius 3 is 1.30 bits per heavy atom. The van der Waals surface area contributed by atoms with E-state index in [1.165, 1.54) is 24.5 Å². The highest BCUT2D eigenvalue weighted by Gasteiger charge is 2.19. The van der Waals surface area contributed by atoms with Gasteiger partial charge in [-0.05, 0) is 72.8 Å².